The molecule has 1 rings (SSSR count). The van der Waals surface area contributed by atoms with E-state index in [4.69, 9.17) is 14.9 Å². The third kappa shape index (κ3) is 5.68. The predicted octanol–water partition coefficient (Wildman–Crippen LogP) is -2.00. The van der Waals surface area contributed by atoms with Crippen molar-refractivity contribution in [2.75, 3.05) is 13.2 Å². The van der Waals surface area contributed by atoms with E-state index in [2.05, 4.69) is 0 Å². The summed E-state index contributed by atoms with van der Waals surface area (Å²) in [7, 11) is 0. The Morgan fingerprint density at radius 1 is 0.810 bits per heavy atom. The van der Waals surface area contributed by atoms with Crippen molar-refractivity contribution < 1.29 is 35.4 Å². The van der Waals surface area contributed by atoms with Crippen molar-refractivity contribution in [3.8, 4) is 0 Å². The average molecular weight is 302 g/mol. The predicted molar refractivity (Wildman–Crippen MR) is 73.2 cm³/mol. The zero-order valence-corrected chi connectivity index (χ0v) is 11.5. The van der Waals surface area contributed by atoms with Crippen LogP contribution in [0.4, 0.5) is 0 Å². The van der Waals surface area contributed by atoms with Gasteiger partial charge in [0.1, 0.15) is 30.5 Å². The number of aliphatic hydroxyl groups excluding tert-OH is 6. The molecule has 5 atom stereocenters. The maximum atomic E-state index is 9.68. The lowest BCUT2D eigenvalue weighted by Gasteiger charge is -2.28. The van der Waals surface area contributed by atoms with Crippen molar-refractivity contribution in [3.63, 3.8) is 0 Å². The van der Waals surface area contributed by atoms with Crippen LogP contribution in [0.5, 0.6) is 0 Å². The molecule has 7 nitrogen and oxygen atoms in total. The third-order valence-corrected chi connectivity index (χ3v) is 3.08. The number of rotatable bonds is 9. The van der Waals surface area contributed by atoms with Crippen molar-refractivity contribution in [3.05, 3.63) is 35.9 Å². The monoisotopic (exact) mass is 302 g/mol. The van der Waals surface area contributed by atoms with Gasteiger partial charge in [-0.1, -0.05) is 30.3 Å². The van der Waals surface area contributed by atoms with Gasteiger partial charge in [0.2, 0.25) is 0 Å². The van der Waals surface area contributed by atoms with Crippen molar-refractivity contribution in [2.45, 2.75) is 37.1 Å². The van der Waals surface area contributed by atoms with Crippen LogP contribution in [0.2, 0.25) is 0 Å². The molecular weight excluding hydrogens is 280 g/mol. The van der Waals surface area contributed by atoms with Gasteiger partial charge in [-0.25, -0.2) is 0 Å². The summed E-state index contributed by atoms with van der Waals surface area (Å²) < 4.78 is 5.20. The van der Waals surface area contributed by atoms with Gasteiger partial charge >= 0.3 is 0 Å². The summed E-state index contributed by atoms with van der Waals surface area (Å²) in [5.41, 5.74) is 0.885. The number of hydrogen-bond acceptors (Lipinski definition) is 7. The molecule has 0 aliphatic rings. The van der Waals surface area contributed by atoms with Crippen LogP contribution in [0, 0.1) is 0 Å². The minimum absolute atomic E-state index is 0.225. The van der Waals surface area contributed by atoms with Crippen LogP contribution in [0.1, 0.15) is 5.56 Å². The summed E-state index contributed by atoms with van der Waals surface area (Å²) in [5.74, 6) is 0. The molecule has 0 amide bonds. The van der Waals surface area contributed by atoms with Crippen molar-refractivity contribution in [1.82, 2.24) is 0 Å². The van der Waals surface area contributed by atoms with E-state index in [1.54, 1.807) is 0 Å². The SMILES string of the molecule is OC[C@@H](O)[C@H](O)[C@@H](O)[C@@H](O)[C@@H](O)COCc1ccccc1. The lowest BCUT2D eigenvalue weighted by atomic mass is 10.00. The Morgan fingerprint density at radius 3 is 1.95 bits per heavy atom. The van der Waals surface area contributed by atoms with Gasteiger partial charge in [-0.05, 0) is 5.56 Å². The maximum Gasteiger partial charge on any atom is 0.111 e. The van der Waals surface area contributed by atoms with E-state index in [-0.39, 0.29) is 13.2 Å². The van der Waals surface area contributed by atoms with E-state index in [9.17, 15) is 20.4 Å². The lowest BCUT2D eigenvalue weighted by molar-refractivity contribution is -0.150. The Labute approximate surface area is 122 Å². The average Bonchev–Trinajstić information content (AvgIpc) is 2.52. The summed E-state index contributed by atoms with van der Waals surface area (Å²) in [6, 6.07) is 9.19. The molecule has 0 radical (unpaired) electrons. The van der Waals surface area contributed by atoms with Gasteiger partial charge in [0.25, 0.3) is 0 Å². The van der Waals surface area contributed by atoms with Crippen LogP contribution in [0.25, 0.3) is 0 Å². The maximum absolute atomic E-state index is 9.68. The van der Waals surface area contributed by atoms with Crippen LogP contribution in [-0.2, 0) is 11.3 Å². The molecule has 0 saturated carbocycles. The molecule has 0 aliphatic heterocycles. The van der Waals surface area contributed by atoms with Crippen LogP contribution in [-0.4, -0.2) is 74.4 Å². The lowest BCUT2D eigenvalue weighted by Crippen LogP contribution is -2.51. The smallest absolute Gasteiger partial charge is 0.111 e. The molecule has 1 aromatic carbocycles. The van der Waals surface area contributed by atoms with Crippen molar-refractivity contribution in [1.29, 1.82) is 0 Å². The van der Waals surface area contributed by atoms with E-state index in [0.717, 1.165) is 5.56 Å². The second-order valence-electron chi connectivity index (χ2n) is 4.79. The molecule has 0 spiro atoms. The largest absolute Gasteiger partial charge is 0.394 e. The number of aliphatic hydroxyl groups is 6. The van der Waals surface area contributed by atoms with Crippen LogP contribution in [0.15, 0.2) is 30.3 Å². The topological polar surface area (TPSA) is 131 Å². The van der Waals surface area contributed by atoms with Gasteiger partial charge in [-0.15, -0.1) is 0 Å². The van der Waals surface area contributed by atoms with E-state index in [0.29, 0.717) is 0 Å². The molecule has 21 heavy (non-hydrogen) atoms. The fourth-order valence-corrected chi connectivity index (χ4v) is 1.74. The molecule has 0 heterocycles. The van der Waals surface area contributed by atoms with E-state index < -0.39 is 37.1 Å². The minimum Gasteiger partial charge on any atom is -0.394 e. The van der Waals surface area contributed by atoms with Gasteiger partial charge in [0.15, 0.2) is 0 Å². The normalized spacial score (nSPS) is 18.8. The second kappa shape index (κ2) is 9.06. The standard InChI is InChI=1S/C14H22O7/c15-6-10(16)12(18)14(20)13(19)11(17)8-21-7-9-4-2-1-3-5-9/h1-5,10-20H,6-8H2/t10-,11+,12+,13+,14-/m1/s1. The molecule has 6 N–H and O–H groups in total. The van der Waals surface area contributed by atoms with Gasteiger partial charge < -0.3 is 35.4 Å². The molecular formula is C14H22O7. The van der Waals surface area contributed by atoms with E-state index >= 15 is 0 Å². The summed E-state index contributed by atoms with van der Waals surface area (Å²) in [5, 5.41) is 56.2. The van der Waals surface area contributed by atoms with Crippen molar-refractivity contribution >= 4 is 0 Å². The summed E-state index contributed by atoms with van der Waals surface area (Å²) in [6.07, 6.45) is -8.33. The molecule has 1 aromatic rings. The molecule has 7 heteroatoms. The first kappa shape index (κ1) is 18.0. The first-order chi connectivity index (χ1) is 9.97. The Kier molecular flexibility index (Phi) is 7.76. The Balaban J connectivity index is 2.38. The molecule has 0 unspecified atom stereocenters. The number of benzene rings is 1. The molecule has 0 saturated heterocycles. The van der Waals surface area contributed by atoms with Crippen molar-refractivity contribution in [2.24, 2.45) is 0 Å². The van der Waals surface area contributed by atoms with E-state index in [1.165, 1.54) is 0 Å². The zero-order chi connectivity index (χ0) is 15.8. The van der Waals surface area contributed by atoms with Gasteiger partial charge in [0.05, 0.1) is 19.8 Å². The highest BCUT2D eigenvalue weighted by Crippen LogP contribution is 2.10. The van der Waals surface area contributed by atoms with Crippen LogP contribution < -0.4 is 0 Å². The summed E-state index contributed by atoms with van der Waals surface area (Å²) >= 11 is 0. The quantitative estimate of drug-likeness (QED) is 0.311. The molecule has 0 aromatic heterocycles. The third-order valence-electron chi connectivity index (χ3n) is 3.08. The minimum atomic E-state index is -1.80. The molecule has 0 bridgehead atoms. The van der Waals surface area contributed by atoms with E-state index in [1.807, 2.05) is 30.3 Å². The fraction of sp³-hybridized carbons (Fsp3) is 0.571. The Morgan fingerprint density at radius 2 is 1.38 bits per heavy atom. The molecule has 0 fully saturated rings. The highest BCUT2D eigenvalue weighted by molar-refractivity contribution is 5.13. The number of ether oxygens (including phenoxy) is 1. The first-order valence-corrected chi connectivity index (χ1v) is 6.60. The van der Waals surface area contributed by atoms with Crippen LogP contribution in [0.3, 0.4) is 0 Å². The van der Waals surface area contributed by atoms with Gasteiger partial charge in [-0.3, -0.25) is 0 Å². The Bertz CT molecular complexity index is 386. The highest BCUT2D eigenvalue weighted by Gasteiger charge is 2.34. The highest BCUT2D eigenvalue weighted by atomic mass is 16.5. The first-order valence-electron chi connectivity index (χ1n) is 6.60. The fourth-order valence-electron chi connectivity index (χ4n) is 1.74. The summed E-state index contributed by atoms with van der Waals surface area (Å²) in [4.78, 5) is 0. The molecule has 0 aliphatic carbocycles. The van der Waals surface area contributed by atoms with Crippen LogP contribution >= 0.6 is 0 Å². The second-order valence-corrected chi connectivity index (χ2v) is 4.79. The Hall–Kier alpha value is -1.06. The molecule has 120 valence electrons. The van der Waals surface area contributed by atoms with Gasteiger partial charge in [-0.2, -0.15) is 0 Å². The number of hydrogen-bond donors (Lipinski definition) is 6. The summed E-state index contributed by atoms with van der Waals surface area (Å²) in [6.45, 7) is -0.802. The van der Waals surface area contributed by atoms with Gasteiger partial charge in [0, 0.05) is 0 Å². The zero-order valence-electron chi connectivity index (χ0n) is 11.5.